The smallest absolute Gasteiger partial charge is 0.157 e. The molecule has 0 aliphatic carbocycles. The largest absolute Gasteiger partial charge is 0.494 e. The fourth-order valence-electron chi connectivity index (χ4n) is 3.74. The Hall–Kier alpha value is -4.03. The topological polar surface area (TPSA) is 86.1 Å². The Kier molecular flexibility index (Phi) is 5.24. The van der Waals surface area contributed by atoms with Crippen LogP contribution in [0.5, 0.6) is 5.75 Å². The second kappa shape index (κ2) is 8.14. The number of fused-ring (bicyclic) bond motifs is 3. The Morgan fingerprint density at radius 2 is 1.87 bits per heavy atom. The van der Waals surface area contributed by atoms with E-state index in [-0.39, 0.29) is 0 Å². The van der Waals surface area contributed by atoms with Gasteiger partial charge in [0.2, 0.25) is 0 Å². The van der Waals surface area contributed by atoms with Gasteiger partial charge in [0.05, 0.1) is 29.3 Å². The maximum atomic E-state index is 9.85. The third kappa shape index (κ3) is 3.29. The number of nitrogens with zero attached hydrogens (tertiary/aromatic N) is 4. The predicted molar refractivity (Wildman–Crippen MR) is 117 cm³/mol. The van der Waals surface area contributed by atoms with Gasteiger partial charge in [-0.2, -0.15) is 10.5 Å². The molecule has 2 aromatic carbocycles. The Bertz CT molecular complexity index is 1310. The lowest BCUT2D eigenvalue weighted by molar-refractivity contribution is 0.340. The zero-order valence-electron chi connectivity index (χ0n) is 16.9. The van der Waals surface area contributed by atoms with Crippen molar-refractivity contribution in [2.24, 2.45) is 0 Å². The van der Waals surface area contributed by atoms with Crippen LogP contribution in [-0.2, 0) is 6.42 Å². The molecule has 0 fully saturated rings. The van der Waals surface area contributed by atoms with Crippen LogP contribution in [0.2, 0.25) is 0 Å². The summed E-state index contributed by atoms with van der Waals surface area (Å²) in [5, 5.41) is 22.5. The molecule has 0 atom stereocenters. The first-order valence-electron chi connectivity index (χ1n) is 9.87. The molecule has 148 valence electrons. The van der Waals surface area contributed by atoms with Crippen LogP contribution in [0.4, 0.5) is 11.5 Å². The third-order valence-electron chi connectivity index (χ3n) is 5.15. The van der Waals surface area contributed by atoms with E-state index in [1.165, 1.54) is 0 Å². The number of nitrogens with one attached hydrogen (secondary N) is 1. The average Bonchev–Trinajstić information content (AvgIpc) is 3.14. The van der Waals surface area contributed by atoms with Crippen molar-refractivity contribution in [3.05, 3.63) is 65.2 Å². The quantitative estimate of drug-likeness (QED) is 0.481. The van der Waals surface area contributed by atoms with Crippen molar-refractivity contribution in [1.29, 1.82) is 10.5 Å². The van der Waals surface area contributed by atoms with Gasteiger partial charge in [-0.25, -0.2) is 4.98 Å². The molecule has 0 unspecified atom stereocenters. The molecular formula is C24H21N5O. The second-order valence-electron chi connectivity index (χ2n) is 6.94. The SMILES string of the molecule is CCOc1ccc(Nc2c(CCC#N)c(C)c(C#N)c3nc4ccccc4n23)cc1. The molecule has 0 amide bonds. The van der Waals surface area contributed by atoms with Crippen LogP contribution in [0, 0.1) is 29.6 Å². The van der Waals surface area contributed by atoms with Crippen molar-refractivity contribution in [3.8, 4) is 17.9 Å². The molecule has 0 saturated carbocycles. The van der Waals surface area contributed by atoms with Gasteiger partial charge in [-0.3, -0.25) is 4.40 Å². The van der Waals surface area contributed by atoms with Gasteiger partial charge in [-0.05, 0) is 67.8 Å². The summed E-state index contributed by atoms with van der Waals surface area (Å²) in [5.41, 5.74) is 5.57. The standard InChI is InChI=1S/C24H21N5O/c1-3-30-18-12-10-17(11-13-18)27-23-19(7-6-14-25)16(2)20(15-26)24-28-21-8-4-5-9-22(21)29(23)24/h4-5,8-13,27H,3,6-7H2,1-2H3. The molecule has 30 heavy (non-hydrogen) atoms. The van der Waals surface area contributed by atoms with Gasteiger partial charge < -0.3 is 10.1 Å². The van der Waals surface area contributed by atoms with E-state index in [1.807, 2.05) is 66.8 Å². The summed E-state index contributed by atoms with van der Waals surface area (Å²) in [6.07, 6.45) is 0.903. The van der Waals surface area contributed by atoms with E-state index >= 15 is 0 Å². The van der Waals surface area contributed by atoms with Gasteiger partial charge in [0, 0.05) is 12.1 Å². The highest BCUT2D eigenvalue weighted by Crippen LogP contribution is 2.33. The molecule has 0 saturated heterocycles. The first-order valence-corrected chi connectivity index (χ1v) is 9.87. The molecule has 6 nitrogen and oxygen atoms in total. The predicted octanol–water partition coefficient (Wildman–Crippen LogP) is 5.27. The number of rotatable bonds is 6. The van der Waals surface area contributed by atoms with Gasteiger partial charge >= 0.3 is 0 Å². The summed E-state index contributed by atoms with van der Waals surface area (Å²) < 4.78 is 7.53. The van der Waals surface area contributed by atoms with Crippen LogP contribution >= 0.6 is 0 Å². The summed E-state index contributed by atoms with van der Waals surface area (Å²) >= 11 is 0. The second-order valence-corrected chi connectivity index (χ2v) is 6.94. The van der Waals surface area contributed by atoms with Crippen LogP contribution in [0.1, 0.15) is 30.0 Å². The van der Waals surface area contributed by atoms with E-state index in [2.05, 4.69) is 17.5 Å². The fraction of sp³-hybridized carbons (Fsp3) is 0.208. The molecule has 0 aliphatic heterocycles. The van der Waals surface area contributed by atoms with E-state index in [0.717, 1.165) is 39.4 Å². The highest BCUT2D eigenvalue weighted by atomic mass is 16.5. The summed E-state index contributed by atoms with van der Waals surface area (Å²) in [4.78, 5) is 4.72. The maximum absolute atomic E-state index is 9.85. The van der Waals surface area contributed by atoms with Crippen molar-refractivity contribution in [2.45, 2.75) is 26.7 Å². The minimum absolute atomic E-state index is 0.363. The Labute approximate surface area is 175 Å². The van der Waals surface area contributed by atoms with Crippen LogP contribution in [0.25, 0.3) is 16.7 Å². The fourth-order valence-corrected chi connectivity index (χ4v) is 3.74. The highest BCUT2D eigenvalue weighted by molar-refractivity contribution is 5.87. The summed E-state index contributed by atoms with van der Waals surface area (Å²) in [6, 6.07) is 20.1. The molecular weight excluding hydrogens is 374 g/mol. The van der Waals surface area contributed by atoms with E-state index in [0.29, 0.717) is 30.7 Å². The number of hydrogen-bond donors (Lipinski definition) is 1. The van der Waals surface area contributed by atoms with Crippen molar-refractivity contribution < 1.29 is 4.74 Å². The number of para-hydroxylation sites is 2. The van der Waals surface area contributed by atoms with Crippen LogP contribution in [0.3, 0.4) is 0 Å². The van der Waals surface area contributed by atoms with Crippen molar-refractivity contribution in [3.63, 3.8) is 0 Å². The van der Waals surface area contributed by atoms with Crippen molar-refractivity contribution in [2.75, 3.05) is 11.9 Å². The van der Waals surface area contributed by atoms with Gasteiger partial charge in [0.15, 0.2) is 5.65 Å². The molecule has 0 aliphatic rings. The molecule has 2 heterocycles. The van der Waals surface area contributed by atoms with E-state index < -0.39 is 0 Å². The minimum atomic E-state index is 0.363. The molecule has 0 radical (unpaired) electrons. The number of hydrogen-bond acceptors (Lipinski definition) is 5. The highest BCUT2D eigenvalue weighted by Gasteiger charge is 2.20. The molecule has 4 aromatic rings. The van der Waals surface area contributed by atoms with Gasteiger partial charge in [-0.1, -0.05) is 12.1 Å². The summed E-state index contributed by atoms with van der Waals surface area (Å²) in [5.74, 6) is 1.64. The Balaban J connectivity index is 1.97. The van der Waals surface area contributed by atoms with E-state index in [9.17, 15) is 10.5 Å². The molecule has 0 bridgehead atoms. The monoisotopic (exact) mass is 395 g/mol. The third-order valence-corrected chi connectivity index (χ3v) is 5.15. The zero-order valence-corrected chi connectivity index (χ0v) is 16.9. The average molecular weight is 395 g/mol. The minimum Gasteiger partial charge on any atom is -0.494 e. The van der Waals surface area contributed by atoms with Crippen LogP contribution in [0.15, 0.2) is 48.5 Å². The number of nitriles is 2. The number of pyridine rings is 1. The number of anilines is 2. The Morgan fingerprint density at radius 3 is 2.57 bits per heavy atom. The zero-order chi connectivity index (χ0) is 21.1. The first-order chi connectivity index (χ1) is 14.7. The van der Waals surface area contributed by atoms with E-state index in [1.54, 1.807) is 0 Å². The molecule has 6 heteroatoms. The number of benzene rings is 2. The van der Waals surface area contributed by atoms with Crippen molar-refractivity contribution in [1.82, 2.24) is 9.38 Å². The lowest BCUT2D eigenvalue weighted by Crippen LogP contribution is -2.08. The van der Waals surface area contributed by atoms with Gasteiger partial charge in [0.1, 0.15) is 17.6 Å². The van der Waals surface area contributed by atoms with Gasteiger partial charge in [-0.15, -0.1) is 0 Å². The summed E-state index contributed by atoms with van der Waals surface area (Å²) in [7, 11) is 0. The lowest BCUT2D eigenvalue weighted by Gasteiger charge is -2.18. The number of ether oxygens (including phenoxy) is 1. The first kappa shape index (κ1) is 19.3. The molecule has 4 rings (SSSR count). The number of imidazole rings is 1. The van der Waals surface area contributed by atoms with Crippen LogP contribution < -0.4 is 10.1 Å². The van der Waals surface area contributed by atoms with Crippen molar-refractivity contribution >= 4 is 28.2 Å². The Morgan fingerprint density at radius 1 is 1.10 bits per heavy atom. The van der Waals surface area contributed by atoms with E-state index in [4.69, 9.17) is 9.72 Å². The van der Waals surface area contributed by atoms with Crippen LogP contribution in [-0.4, -0.2) is 16.0 Å². The number of aromatic nitrogens is 2. The van der Waals surface area contributed by atoms with Gasteiger partial charge in [0.25, 0.3) is 0 Å². The lowest BCUT2D eigenvalue weighted by atomic mass is 10.0. The molecule has 1 N–H and O–H groups in total. The maximum Gasteiger partial charge on any atom is 0.157 e. The summed E-state index contributed by atoms with van der Waals surface area (Å²) in [6.45, 7) is 4.49. The normalized spacial score (nSPS) is 10.7. The molecule has 0 spiro atoms. The molecule has 2 aromatic heterocycles.